The first-order chi connectivity index (χ1) is 14.2. The number of amides is 1. The predicted octanol–water partition coefficient (Wildman–Crippen LogP) is 4.77. The van der Waals surface area contributed by atoms with E-state index in [2.05, 4.69) is 15.6 Å². The summed E-state index contributed by atoms with van der Waals surface area (Å²) in [6.45, 7) is 0. The summed E-state index contributed by atoms with van der Waals surface area (Å²) in [5, 5.41) is 14.4. The first kappa shape index (κ1) is 21.3. The molecule has 1 heterocycles. The lowest BCUT2D eigenvalue weighted by molar-refractivity contribution is -0.137. The van der Waals surface area contributed by atoms with Crippen LogP contribution in [0.25, 0.3) is 10.9 Å². The minimum atomic E-state index is -4.51. The number of pyridine rings is 1. The van der Waals surface area contributed by atoms with Gasteiger partial charge in [0.2, 0.25) is 0 Å². The van der Waals surface area contributed by atoms with Crippen molar-refractivity contribution in [2.45, 2.75) is 6.18 Å². The summed E-state index contributed by atoms with van der Waals surface area (Å²) >= 11 is 6.21. The van der Waals surface area contributed by atoms with Gasteiger partial charge in [0.05, 0.1) is 27.4 Å². The van der Waals surface area contributed by atoms with Gasteiger partial charge in [0.25, 0.3) is 5.91 Å². The number of aromatic nitrogens is 1. The summed E-state index contributed by atoms with van der Waals surface area (Å²) in [4.78, 5) is 16.8. The number of halogens is 4. The van der Waals surface area contributed by atoms with Gasteiger partial charge in [-0.2, -0.15) is 13.2 Å². The number of carbonyl (C=O) groups is 1. The number of carbonyl (C=O) groups excluding carboxylic acids is 1. The molecule has 0 radical (unpaired) electrons. The van der Waals surface area contributed by atoms with Gasteiger partial charge in [-0.1, -0.05) is 29.8 Å². The van der Waals surface area contributed by atoms with Crippen LogP contribution < -0.4 is 10.6 Å². The average molecular weight is 433 g/mol. The molecule has 3 aromatic rings. The highest BCUT2D eigenvalue weighted by Crippen LogP contribution is 2.29. The van der Waals surface area contributed by atoms with Crippen LogP contribution in [0.5, 0.6) is 0 Å². The van der Waals surface area contributed by atoms with Crippen LogP contribution in [0.15, 0.2) is 66.6 Å². The zero-order valence-corrected chi connectivity index (χ0v) is 16.4. The molecule has 154 valence electrons. The zero-order chi connectivity index (χ0) is 21.9. The van der Waals surface area contributed by atoms with Crippen molar-refractivity contribution in [3.8, 4) is 0 Å². The molecule has 2 aromatic carbocycles. The Morgan fingerprint density at radius 1 is 1.17 bits per heavy atom. The van der Waals surface area contributed by atoms with Crippen LogP contribution in [0, 0.1) is 5.41 Å². The van der Waals surface area contributed by atoms with Crippen molar-refractivity contribution < 1.29 is 18.0 Å². The minimum absolute atomic E-state index is 0.0553. The normalized spacial score (nSPS) is 12.0. The summed E-state index contributed by atoms with van der Waals surface area (Å²) in [5.41, 5.74) is -0.256. The molecular weight excluding hydrogens is 417 g/mol. The van der Waals surface area contributed by atoms with E-state index in [0.29, 0.717) is 5.52 Å². The van der Waals surface area contributed by atoms with E-state index in [1.807, 2.05) is 6.07 Å². The fourth-order valence-electron chi connectivity index (χ4n) is 2.72. The number of rotatable bonds is 5. The number of hydrogen-bond donors (Lipinski definition) is 3. The summed E-state index contributed by atoms with van der Waals surface area (Å²) in [6.07, 6.45) is -1.70. The number of hydrogen-bond acceptors (Lipinski definition) is 4. The van der Waals surface area contributed by atoms with Gasteiger partial charge in [0.15, 0.2) is 0 Å². The Bertz CT molecular complexity index is 1160. The molecule has 0 atom stereocenters. The van der Waals surface area contributed by atoms with Crippen molar-refractivity contribution in [3.05, 3.63) is 88.3 Å². The number of nitrogens with one attached hydrogen (secondary N) is 3. The molecule has 0 unspecified atom stereocenters. The molecule has 0 aliphatic rings. The van der Waals surface area contributed by atoms with E-state index in [1.165, 1.54) is 25.3 Å². The number of nitrogens with zero attached hydrogens (tertiary/aromatic N) is 1. The molecule has 0 aliphatic heterocycles. The van der Waals surface area contributed by atoms with Crippen LogP contribution in [0.4, 0.5) is 13.2 Å². The van der Waals surface area contributed by atoms with E-state index >= 15 is 0 Å². The molecule has 30 heavy (non-hydrogen) atoms. The molecule has 3 N–H and O–H groups in total. The summed E-state index contributed by atoms with van der Waals surface area (Å²) in [6, 6.07) is 11.1. The van der Waals surface area contributed by atoms with Crippen LogP contribution in [0.1, 0.15) is 21.5 Å². The fourth-order valence-corrected chi connectivity index (χ4v) is 2.98. The first-order valence-electron chi connectivity index (χ1n) is 8.70. The van der Waals surface area contributed by atoms with Gasteiger partial charge < -0.3 is 16.0 Å². The molecule has 5 nitrogen and oxygen atoms in total. The van der Waals surface area contributed by atoms with E-state index in [0.717, 1.165) is 17.5 Å². The molecule has 0 saturated carbocycles. The number of alkyl halides is 3. The molecule has 1 amide bonds. The second-order valence-corrected chi connectivity index (χ2v) is 6.69. The van der Waals surface area contributed by atoms with E-state index in [4.69, 9.17) is 17.0 Å². The van der Waals surface area contributed by atoms with Crippen molar-refractivity contribution in [2.75, 3.05) is 7.05 Å². The second kappa shape index (κ2) is 8.54. The second-order valence-electron chi connectivity index (χ2n) is 6.28. The van der Waals surface area contributed by atoms with E-state index < -0.39 is 17.6 Å². The monoisotopic (exact) mass is 432 g/mol. The standard InChI is InChI=1S/C21H16ClF3N4O/c1-27-19(11-17(26)12-4-2-6-14(8-12)21(23,24)25)29-20(30)15-10-18-13(9-16(15)22)5-3-7-28-18/h2-11,26-27H,1H3,(H,29,30)/b19-11+,26-17?. The molecular formula is C21H16ClF3N4O. The topological polar surface area (TPSA) is 77.9 Å². The van der Waals surface area contributed by atoms with Crippen molar-refractivity contribution >= 4 is 34.1 Å². The Balaban J connectivity index is 1.84. The minimum Gasteiger partial charge on any atom is -0.375 e. The summed E-state index contributed by atoms with van der Waals surface area (Å²) < 4.78 is 38.7. The third-order valence-electron chi connectivity index (χ3n) is 4.24. The summed E-state index contributed by atoms with van der Waals surface area (Å²) in [5.74, 6) is -0.426. The third kappa shape index (κ3) is 4.77. The highest BCUT2D eigenvalue weighted by atomic mass is 35.5. The molecule has 0 spiro atoms. The van der Waals surface area contributed by atoms with Crippen LogP contribution >= 0.6 is 11.6 Å². The third-order valence-corrected chi connectivity index (χ3v) is 4.56. The van der Waals surface area contributed by atoms with Crippen LogP contribution in [-0.4, -0.2) is 23.7 Å². The van der Waals surface area contributed by atoms with Crippen molar-refractivity contribution in [2.24, 2.45) is 0 Å². The average Bonchev–Trinajstić information content (AvgIpc) is 2.72. The Morgan fingerprint density at radius 2 is 1.93 bits per heavy atom. The van der Waals surface area contributed by atoms with Crippen LogP contribution in [-0.2, 0) is 6.18 Å². The fraction of sp³-hybridized carbons (Fsp3) is 0.0952. The van der Waals surface area contributed by atoms with Gasteiger partial charge in [-0.3, -0.25) is 9.78 Å². The Hall–Kier alpha value is -3.39. The Labute approximate surface area is 175 Å². The maximum atomic E-state index is 12.9. The molecule has 0 saturated heterocycles. The number of fused-ring (bicyclic) bond motifs is 1. The van der Waals surface area contributed by atoms with E-state index in [9.17, 15) is 18.0 Å². The molecule has 0 bridgehead atoms. The Kier molecular flexibility index (Phi) is 6.07. The lowest BCUT2D eigenvalue weighted by Gasteiger charge is -2.12. The molecule has 9 heteroatoms. The van der Waals surface area contributed by atoms with Crippen LogP contribution in [0.3, 0.4) is 0 Å². The smallest absolute Gasteiger partial charge is 0.375 e. The van der Waals surface area contributed by atoms with Gasteiger partial charge >= 0.3 is 6.18 Å². The zero-order valence-electron chi connectivity index (χ0n) is 15.6. The van der Waals surface area contributed by atoms with Gasteiger partial charge in [-0.15, -0.1) is 0 Å². The molecule has 3 rings (SSSR count). The highest BCUT2D eigenvalue weighted by Gasteiger charge is 2.30. The number of allylic oxidation sites excluding steroid dienone is 1. The largest absolute Gasteiger partial charge is 0.416 e. The van der Waals surface area contributed by atoms with Crippen molar-refractivity contribution in [1.82, 2.24) is 15.6 Å². The maximum absolute atomic E-state index is 12.9. The number of benzene rings is 2. The quantitative estimate of drug-likeness (QED) is 0.508. The molecule has 0 aliphatic carbocycles. The van der Waals surface area contributed by atoms with Crippen molar-refractivity contribution in [3.63, 3.8) is 0 Å². The lowest BCUT2D eigenvalue weighted by Crippen LogP contribution is -2.30. The van der Waals surface area contributed by atoms with Gasteiger partial charge in [0, 0.05) is 30.3 Å². The van der Waals surface area contributed by atoms with Gasteiger partial charge in [0.1, 0.15) is 5.82 Å². The van der Waals surface area contributed by atoms with E-state index in [-0.39, 0.29) is 27.7 Å². The van der Waals surface area contributed by atoms with E-state index in [1.54, 1.807) is 24.4 Å². The SMILES string of the molecule is CN/C(=C\C(=N)c1cccc(C(F)(F)F)c1)NC(=O)c1cc2ncccc2cc1Cl. The molecule has 0 fully saturated rings. The maximum Gasteiger partial charge on any atom is 0.416 e. The van der Waals surface area contributed by atoms with Crippen LogP contribution in [0.2, 0.25) is 5.02 Å². The molecule has 1 aromatic heterocycles. The van der Waals surface area contributed by atoms with Gasteiger partial charge in [-0.25, -0.2) is 0 Å². The lowest BCUT2D eigenvalue weighted by atomic mass is 10.1. The highest BCUT2D eigenvalue weighted by molar-refractivity contribution is 6.34. The van der Waals surface area contributed by atoms with Gasteiger partial charge in [-0.05, 0) is 30.3 Å². The summed E-state index contributed by atoms with van der Waals surface area (Å²) in [7, 11) is 1.51. The first-order valence-corrected chi connectivity index (χ1v) is 9.08. The Morgan fingerprint density at radius 3 is 2.63 bits per heavy atom. The van der Waals surface area contributed by atoms with Crippen molar-refractivity contribution in [1.29, 1.82) is 5.41 Å². The predicted molar refractivity (Wildman–Crippen MR) is 110 cm³/mol.